The smallest absolute Gasteiger partial charge is 0.328 e. The summed E-state index contributed by atoms with van der Waals surface area (Å²) in [7, 11) is 0. The summed E-state index contributed by atoms with van der Waals surface area (Å²) in [5, 5.41) is 36.6. The molecule has 1 rings (SSSR count). The van der Waals surface area contributed by atoms with Gasteiger partial charge in [-0.25, -0.2) is 4.79 Å². The first kappa shape index (κ1) is 22.3. The minimum atomic E-state index is -1.67. The predicted octanol–water partition coefficient (Wildman–Crippen LogP) is -3.24. The summed E-state index contributed by atoms with van der Waals surface area (Å²) < 4.78 is 0. The van der Waals surface area contributed by atoms with Gasteiger partial charge >= 0.3 is 11.9 Å². The molecule has 152 valence electrons. The van der Waals surface area contributed by atoms with E-state index in [4.69, 9.17) is 10.2 Å². The van der Waals surface area contributed by atoms with E-state index in [0.29, 0.717) is 13.0 Å². The van der Waals surface area contributed by atoms with Crippen LogP contribution in [0.2, 0.25) is 0 Å². The molecule has 0 aliphatic carbocycles. The minimum Gasteiger partial charge on any atom is -0.481 e. The lowest BCUT2D eigenvalue weighted by Crippen LogP contribution is -2.56. The van der Waals surface area contributed by atoms with Gasteiger partial charge in [-0.05, 0) is 26.3 Å². The van der Waals surface area contributed by atoms with Gasteiger partial charge in [0.05, 0.1) is 25.1 Å². The summed E-state index contributed by atoms with van der Waals surface area (Å²) in [6.45, 7) is 1.36. The Labute approximate surface area is 154 Å². The first-order valence-electron chi connectivity index (χ1n) is 8.35. The minimum absolute atomic E-state index is 0.387. The molecule has 0 spiro atoms. The zero-order valence-corrected chi connectivity index (χ0v) is 14.7. The molecule has 0 unspecified atom stereocenters. The Hall–Kier alpha value is -2.73. The van der Waals surface area contributed by atoms with Crippen LogP contribution < -0.4 is 21.3 Å². The second-order valence-electron chi connectivity index (χ2n) is 6.15. The van der Waals surface area contributed by atoms with E-state index >= 15 is 0 Å². The number of hydrogen-bond donors (Lipinski definition) is 7. The van der Waals surface area contributed by atoms with E-state index in [1.165, 1.54) is 0 Å². The number of carbonyl (C=O) groups is 5. The number of rotatable bonds is 10. The molecule has 4 atom stereocenters. The van der Waals surface area contributed by atoms with E-state index in [-0.39, 0.29) is 5.91 Å². The fraction of sp³-hybridized carbons (Fsp3) is 0.667. The second-order valence-corrected chi connectivity index (χ2v) is 6.15. The number of aliphatic hydroxyl groups is 1. The monoisotopic (exact) mass is 388 g/mol. The van der Waals surface area contributed by atoms with E-state index < -0.39 is 60.9 Å². The fourth-order valence-corrected chi connectivity index (χ4v) is 2.47. The second kappa shape index (κ2) is 10.4. The molecule has 1 aliphatic rings. The molecule has 12 nitrogen and oxygen atoms in total. The lowest BCUT2D eigenvalue weighted by atomic mass is 10.1. The highest BCUT2D eigenvalue weighted by Crippen LogP contribution is 2.04. The Morgan fingerprint density at radius 1 is 1.15 bits per heavy atom. The number of carbonyl (C=O) groups excluding carboxylic acids is 3. The van der Waals surface area contributed by atoms with Crippen molar-refractivity contribution < 1.29 is 39.3 Å². The van der Waals surface area contributed by atoms with Crippen LogP contribution in [0.3, 0.4) is 0 Å². The molecule has 27 heavy (non-hydrogen) atoms. The van der Waals surface area contributed by atoms with Crippen molar-refractivity contribution in [1.29, 1.82) is 0 Å². The summed E-state index contributed by atoms with van der Waals surface area (Å²) in [5.74, 6) is -5.20. The first-order chi connectivity index (χ1) is 12.6. The van der Waals surface area contributed by atoms with Crippen LogP contribution >= 0.6 is 0 Å². The maximum atomic E-state index is 12.1. The van der Waals surface area contributed by atoms with Crippen LogP contribution in [-0.4, -0.2) is 82.3 Å². The van der Waals surface area contributed by atoms with Crippen molar-refractivity contribution in [2.24, 2.45) is 0 Å². The third kappa shape index (κ3) is 7.58. The molecule has 0 aromatic carbocycles. The van der Waals surface area contributed by atoms with Gasteiger partial charge in [0.15, 0.2) is 6.04 Å². The van der Waals surface area contributed by atoms with Gasteiger partial charge in [-0.3, -0.25) is 19.2 Å². The van der Waals surface area contributed by atoms with Gasteiger partial charge in [-0.1, -0.05) is 0 Å². The third-order valence-electron chi connectivity index (χ3n) is 3.88. The highest BCUT2D eigenvalue weighted by molar-refractivity contribution is 5.94. The molecule has 0 bridgehead atoms. The molecule has 1 saturated heterocycles. The lowest BCUT2D eigenvalue weighted by Gasteiger charge is -2.22. The van der Waals surface area contributed by atoms with Gasteiger partial charge < -0.3 is 36.6 Å². The van der Waals surface area contributed by atoms with Crippen LogP contribution in [0, 0.1) is 0 Å². The van der Waals surface area contributed by atoms with Crippen molar-refractivity contribution in [3.63, 3.8) is 0 Å². The number of aliphatic hydroxyl groups excluding tert-OH is 1. The zero-order valence-electron chi connectivity index (χ0n) is 14.7. The molecule has 1 heterocycles. The van der Waals surface area contributed by atoms with Crippen molar-refractivity contribution in [1.82, 2.24) is 21.3 Å². The van der Waals surface area contributed by atoms with Crippen molar-refractivity contribution in [3.05, 3.63) is 0 Å². The average molecular weight is 388 g/mol. The third-order valence-corrected chi connectivity index (χ3v) is 3.88. The highest BCUT2D eigenvalue weighted by atomic mass is 16.4. The van der Waals surface area contributed by atoms with Crippen LogP contribution in [0.15, 0.2) is 0 Å². The standard InChI is InChI=1S/C15H24N4O8/c1-7(20)12(15(26)27)19-14(25)9(5-11(22)23)18-10(21)6-17-13(24)8-3-2-4-16-8/h7-9,12,16,20H,2-6H2,1H3,(H,17,24)(H,18,21)(H,19,25)(H,22,23)(H,26,27)/t7-,8+,9+,12+/m1/s1. The molecule has 1 aliphatic heterocycles. The highest BCUT2D eigenvalue weighted by Gasteiger charge is 2.31. The molecule has 0 saturated carbocycles. The van der Waals surface area contributed by atoms with Crippen molar-refractivity contribution in [2.75, 3.05) is 13.1 Å². The Morgan fingerprint density at radius 2 is 1.81 bits per heavy atom. The normalized spacial score (nSPS) is 19.4. The van der Waals surface area contributed by atoms with E-state index in [1.54, 1.807) is 0 Å². The predicted molar refractivity (Wildman–Crippen MR) is 89.5 cm³/mol. The largest absolute Gasteiger partial charge is 0.481 e. The van der Waals surface area contributed by atoms with Gasteiger partial charge in [-0.2, -0.15) is 0 Å². The number of amides is 3. The van der Waals surface area contributed by atoms with E-state index in [9.17, 15) is 29.1 Å². The van der Waals surface area contributed by atoms with Gasteiger partial charge in [0.1, 0.15) is 6.04 Å². The van der Waals surface area contributed by atoms with Crippen molar-refractivity contribution in [3.8, 4) is 0 Å². The molecule has 1 fully saturated rings. The maximum absolute atomic E-state index is 12.1. The summed E-state index contributed by atoms with van der Waals surface area (Å²) in [4.78, 5) is 57.8. The van der Waals surface area contributed by atoms with Crippen molar-refractivity contribution >= 4 is 29.7 Å². The van der Waals surface area contributed by atoms with Crippen LogP contribution in [-0.2, 0) is 24.0 Å². The number of carboxylic acids is 2. The molecule has 0 aromatic heterocycles. The van der Waals surface area contributed by atoms with Crippen LogP contribution in [0.1, 0.15) is 26.2 Å². The topological polar surface area (TPSA) is 194 Å². The van der Waals surface area contributed by atoms with Crippen LogP contribution in [0.25, 0.3) is 0 Å². The van der Waals surface area contributed by atoms with E-state index in [2.05, 4.69) is 16.0 Å². The zero-order chi connectivity index (χ0) is 20.6. The lowest BCUT2D eigenvalue weighted by molar-refractivity contribution is -0.145. The quantitative estimate of drug-likeness (QED) is 0.201. The van der Waals surface area contributed by atoms with Gasteiger partial charge in [0.25, 0.3) is 0 Å². The number of nitrogens with one attached hydrogen (secondary N) is 4. The Bertz CT molecular complexity index is 588. The van der Waals surface area contributed by atoms with Crippen molar-refractivity contribution in [2.45, 2.75) is 50.4 Å². The van der Waals surface area contributed by atoms with E-state index in [0.717, 1.165) is 13.3 Å². The number of hydrogen-bond acceptors (Lipinski definition) is 7. The molecule has 3 amide bonds. The van der Waals surface area contributed by atoms with Gasteiger partial charge in [-0.15, -0.1) is 0 Å². The molecule has 0 radical (unpaired) electrons. The Balaban J connectivity index is 2.62. The summed E-state index contributed by atoms with van der Waals surface area (Å²) in [5.41, 5.74) is 0. The molecular formula is C15H24N4O8. The van der Waals surface area contributed by atoms with E-state index in [1.807, 2.05) is 5.32 Å². The maximum Gasteiger partial charge on any atom is 0.328 e. The van der Waals surface area contributed by atoms with Crippen LogP contribution in [0.5, 0.6) is 0 Å². The molecule has 7 N–H and O–H groups in total. The SMILES string of the molecule is C[C@@H](O)[C@H](NC(=O)[C@H](CC(=O)O)NC(=O)CNC(=O)[C@@H]1CCCN1)C(=O)O. The summed E-state index contributed by atoms with van der Waals surface area (Å²) in [6, 6.07) is -3.64. The molecule has 12 heteroatoms. The summed E-state index contributed by atoms with van der Waals surface area (Å²) in [6.07, 6.45) is -0.778. The Morgan fingerprint density at radius 3 is 2.30 bits per heavy atom. The average Bonchev–Trinajstić information content (AvgIpc) is 3.10. The van der Waals surface area contributed by atoms with Gasteiger partial charge in [0.2, 0.25) is 17.7 Å². The first-order valence-corrected chi connectivity index (χ1v) is 8.35. The van der Waals surface area contributed by atoms with Gasteiger partial charge in [0, 0.05) is 0 Å². The number of carboxylic acid groups (broad SMARTS) is 2. The summed E-state index contributed by atoms with van der Waals surface area (Å²) >= 11 is 0. The fourth-order valence-electron chi connectivity index (χ4n) is 2.47. The number of aliphatic carboxylic acids is 2. The molecular weight excluding hydrogens is 364 g/mol. The van der Waals surface area contributed by atoms with Crippen LogP contribution in [0.4, 0.5) is 0 Å². The Kier molecular flexibility index (Phi) is 8.62. The molecule has 0 aromatic rings.